The van der Waals surface area contributed by atoms with E-state index in [-0.39, 0.29) is 0 Å². The normalized spacial score (nSPS) is 14.1. The number of rotatable bonds is 2. The molecule has 1 rings (SSSR count). The van der Waals surface area contributed by atoms with E-state index < -0.39 is 23.7 Å². The largest absolute Gasteiger partial charge is 0.409 e. The average molecular weight is 280 g/mol. The highest BCUT2D eigenvalue weighted by Crippen LogP contribution is 2.33. The number of carbonyl (C=O) groups is 1. The second-order valence-corrected chi connectivity index (χ2v) is 5.86. The van der Waals surface area contributed by atoms with Crippen LogP contribution in [-0.2, 0) is 0 Å². The number of halogens is 3. The summed E-state index contributed by atoms with van der Waals surface area (Å²) < 4.78 is 38.4. The molecule has 1 aromatic rings. The van der Waals surface area contributed by atoms with Gasteiger partial charge in [-0.3, -0.25) is 5.32 Å². The van der Waals surface area contributed by atoms with Crippen LogP contribution in [0.5, 0.6) is 0 Å². The molecule has 0 fully saturated rings. The van der Waals surface area contributed by atoms with Gasteiger partial charge in [-0.25, -0.2) is 4.79 Å². The number of thiophene rings is 1. The van der Waals surface area contributed by atoms with Crippen molar-refractivity contribution in [3.63, 3.8) is 0 Å². The number of alkyl halides is 3. The molecule has 0 aliphatic heterocycles. The fourth-order valence-corrected chi connectivity index (χ4v) is 2.03. The van der Waals surface area contributed by atoms with Crippen molar-refractivity contribution < 1.29 is 18.0 Å². The minimum Gasteiger partial charge on any atom is -0.325 e. The number of nitrogens with one attached hydrogen (secondary N) is 2. The molecule has 0 aliphatic carbocycles. The van der Waals surface area contributed by atoms with E-state index in [0.29, 0.717) is 5.00 Å². The van der Waals surface area contributed by atoms with E-state index in [0.717, 1.165) is 0 Å². The molecule has 7 heteroatoms. The van der Waals surface area contributed by atoms with E-state index >= 15 is 0 Å². The Labute approximate surface area is 107 Å². The monoisotopic (exact) mass is 280 g/mol. The zero-order valence-electron chi connectivity index (χ0n) is 10.3. The quantitative estimate of drug-likeness (QED) is 0.849. The Balaban J connectivity index is 2.70. The number of hydrogen-bond acceptors (Lipinski definition) is 2. The lowest BCUT2D eigenvalue weighted by Gasteiger charge is -2.32. The summed E-state index contributed by atoms with van der Waals surface area (Å²) in [5.41, 5.74) is -1.11. The van der Waals surface area contributed by atoms with Gasteiger partial charge < -0.3 is 5.32 Å². The highest BCUT2D eigenvalue weighted by molar-refractivity contribution is 7.14. The van der Waals surface area contributed by atoms with Crippen molar-refractivity contribution in [1.29, 1.82) is 0 Å². The molecule has 1 atom stereocenters. The van der Waals surface area contributed by atoms with Crippen LogP contribution in [0.15, 0.2) is 17.5 Å². The van der Waals surface area contributed by atoms with Crippen molar-refractivity contribution in [2.45, 2.75) is 33.0 Å². The summed E-state index contributed by atoms with van der Waals surface area (Å²) in [5.74, 6) is 0. The van der Waals surface area contributed by atoms with Crippen LogP contribution in [0, 0.1) is 5.41 Å². The maximum atomic E-state index is 12.8. The number of anilines is 1. The Hall–Kier alpha value is -1.24. The minimum absolute atomic E-state index is 0.502. The van der Waals surface area contributed by atoms with Crippen LogP contribution in [0.1, 0.15) is 20.8 Å². The van der Waals surface area contributed by atoms with Gasteiger partial charge in [0.1, 0.15) is 6.04 Å². The van der Waals surface area contributed by atoms with E-state index in [1.54, 1.807) is 17.5 Å². The predicted molar refractivity (Wildman–Crippen MR) is 65.8 cm³/mol. The fourth-order valence-electron chi connectivity index (χ4n) is 1.42. The van der Waals surface area contributed by atoms with E-state index in [1.807, 2.05) is 5.32 Å². The Morgan fingerprint density at radius 3 is 2.33 bits per heavy atom. The molecule has 3 nitrogen and oxygen atoms in total. The van der Waals surface area contributed by atoms with Crippen LogP contribution >= 0.6 is 11.3 Å². The third kappa shape index (κ3) is 4.21. The first-order valence-electron chi connectivity index (χ1n) is 5.28. The molecule has 0 bridgehead atoms. The summed E-state index contributed by atoms with van der Waals surface area (Å²) in [5, 5.41) is 6.56. The van der Waals surface area contributed by atoms with Crippen molar-refractivity contribution in [2.75, 3.05) is 5.32 Å². The molecular weight excluding hydrogens is 265 g/mol. The Kier molecular flexibility index (Phi) is 4.26. The Morgan fingerprint density at radius 1 is 1.33 bits per heavy atom. The lowest BCUT2D eigenvalue weighted by Crippen LogP contribution is -2.54. The lowest BCUT2D eigenvalue weighted by molar-refractivity contribution is -0.174. The third-order valence-corrected chi connectivity index (χ3v) is 3.01. The number of urea groups is 1. The van der Waals surface area contributed by atoms with E-state index in [9.17, 15) is 18.0 Å². The van der Waals surface area contributed by atoms with Crippen molar-refractivity contribution in [3.8, 4) is 0 Å². The van der Waals surface area contributed by atoms with E-state index in [2.05, 4.69) is 5.32 Å². The number of hydrogen-bond donors (Lipinski definition) is 2. The number of amides is 2. The van der Waals surface area contributed by atoms with Gasteiger partial charge in [-0.2, -0.15) is 13.2 Å². The maximum Gasteiger partial charge on any atom is 0.409 e. The highest BCUT2D eigenvalue weighted by atomic mass is 32.1. The van der Waals surface area contributed by atoms with Crippen LogP contribution in [-0.4, -0.2) is 18.2 Å². The molecule has 18 heavy (non-hydrogen) atoms. The molecule has 0 saturated heterocycles. The minimum atomic E-state index is -4.48. The SMILES string of the molecule is CC(C)(C)[C@@H](NC(=O)Nc1cccs1)C(F)(F)F. The van der Waals surface area contributed by atoms with Crippen molar-refractivity contribution in [2.24, 2.45) is 5.41 Å². The molecule has 2 amide bonds. The topological polar surface area (TPSA) is 41.1 Å². The second kappa shape index (κ2) is 5.17. The van der Waals surface area contributed by atoms with Crippen molar-refractivity contribution in [1.82, 2.24) is 5.32 Å². The van der Waals surface area contributed by atoms with Gasteiger partial charge in [-0.05, 0) is 22.9 Å². The maximum absolute atomic E-state index is 12.8. The van der Waals surface area contributed by atoms with Gasteiger partial charge >= 0.3 is 12.2 Å². The van der Waals surface area contributed by atoms with Gasteiger partial charge in [-0.1, -0.05) is 20.8 Å². The first-order valence-corrected chi connectivity index (χ1v) is 6.16. The summed E-state index contributed by atoms with van der Waals surface area (Å²) in [6, 6.07) is 0.564. The first-order chi connectivity index (χ1) is 8.10. The van der Waals surface area contributed by atoms with Gasteiger partial charge in [0, 0.05) is 0 Å². The van der Waals surface area contributed by atoms with E-state index in [4.69, 9.17) is 0 Å². The molecule has 0 spiro atoms. The number of carbonyl (C=O) groups excluding carboxylic acids is 1. The van der Waals surface area contributed by atoms with Crippen LogP contribution in [0.25, 0.3) is 0 Å². The average Bonchev–Trinajstić information content (AvgIpc) is 2.63. The zero-order valence-corrected chi connectivity index (χ0v) is 11.1. The molecule has 0 radical (unpaired) electrons. The van der Waals surface area contributed by atoms with Crippen molar-refractivity contribution in [3.05, 3.63) is 17.5 Å². The Morgan fingerprint density at radius 2 is 1.94 bits per heavy atom. The smallest absolute Gasteiger partial charge is 0.325 e. The molecule has 0 aromatic carbocycles. The molecule has 2 N–H and O–H groups in total. The van der Waals surface area contributed by atoms with Gasteiger partial charge in [0.15, 0.2) is 0 Å². The van der Waals surface area contributed by atoms with Gasteiger partial charge in [0.2, 0.25) is 0 Å². The van der Waals surface area contributed by atoms with E-state index in [1.165, 1.54) is 32.1 Å². The first kappa shape index (κ1) is 14.8. The lowest BCUT2D eigenvalue weighted by atomic mass is 9.86. The van der Waals surface area contributed by atoms with Crippen LogP contribution in [0.4, 0.5) is 23.0 Å². The van der Waals surface area contributed by atoms with Crippen LogP contribution in [0.2, 0.25) is 0 Å². The van der Waals surface area contributed by atoms with Crippen LogP contribution < -0.4 is 10.6 Å². The van der Waals surface area contributed by atoms with Crippen molar-refractivity contribution >= 4 is 22.4 Å². The van der Waals surface area contributed by atoms with Gasteiger partial charge in [0.25, 0.3) is 0 Å². The molecule has 1 aromatic heterocycles. The van der Waals surface area contributed by atoms with Gasteiger partial charge in [-0.15, -0.1) is 11.3 Å². The zero-order chi connectivity index (χ0) is 14.0. The molecule has 0 saturated carbocycles. The third-order valence-electron chi connectivity index (χ3n) is 2.23. The molecular formula is C11H15F3N2OS. The van der Waals surface area contributed by atoms with Gasteiger partial charge in [0.05, 0.1) is 5.00 Å². The molecule has 1 heterocycles. The fraction of sp³-hybridized carbons (Fsp3) is 0.545. The summed E-state index contributed by atoms with van der Waals surface area (Å²) in [6.45, 7) is 4.28. The summed E-state index contributed by atoms with van der Waals surface area (Å²) in [6.07, 6.45) is -4.48. The summed E-state index contributed by atoms with van der Waals surface area (Å²) in [7, 11) is 0. The second-order valence-electron chi connectivity index (χ2n) is 4.92. The molecule has 102 valence electrons. The predicted octanol–water partition coefficient (Wildman–Crippen LogP) is 3.85. The molecule has 0 aliphatic rings. The van der Waals surface area contributed by atoms with Crippen LogP contribution in [0.3, 0.4) is 0 Å². The standard InChI is InChI=1S/C11H15F3N2OS/c1-10(2,3)8(11(12,13)14)16-9(17)15-7-5-4-6-18-7/h4-6,8H,1-3H3,(H2,15,16,17)/t8-/m1/s1. The Bertz CT molecular complexity index is 381. The summed E-state index contributed by atoms with van der Waals surface area (Å²) >= 11 is 1.24. The highest BCUT2D eigenvalue weighted by Gasteiger charge is 2.47. The molecule has 0 unspecified atom stereocenters. The summed E-state index contributed by atoms with van der Waals surface area (Å²) in [4.78, 5) is 11.5.